The number of hydrogen-bond donors (Lipinski definition) is 2. The maximum Gasteiger partial charge on any atom is 0.408 e. The van der Waals surface area contributed by atoms with Crippen molar-refractivity contribution in [3.8, 4) is 0 Å². The summed E-state index contributed by atoms with van der Waals surface area (Å²) in [6, 6.07) is 0. The van der Waals surface area contributed by atoms with Gasteiger partial charge in [0.2, 0.25) is 0 Å². The summed E-state index contributed by atoms with van der Waals surface area (Å²) in [7, 11) is 0. The lowest BCUT2D eigenvalue weighted by Gasteiger charge is -2.41. The molecule has 1 fully saturated rings. The molecule has 2 N–H and O–H groups in total. The topological polar surface area (TPSA) is 77.8 Å². The van der Waals surface area contributed by atoms with Crippen molar-refractivity contribution in [1.29, 1.82) is 0 Å². The Kier molecular flexibility index (Phi) is 2.98. The summed E-state index contributed by atoms with van der Waals surface area (Å²) in [5.41, 5.74) is -1.19. The van der Waals surface area contributed by atoms with Gasteiger partial charge in [-0.2, -0.15) is 0 Å². The molecule has 0 aromatic carbocycles. The van der Waals surface area contributed by atoms with Crippen molar-refractivity contribution in [2.24, 2.45) is 0 Å². The quantitative estimate of drug-likeness (QED) is 0.707. The number of carboxylic acid groups (broad SMARTS) is 2. The molecular weight excluding hydrogens is 186 g/mol. The van der Waals surface area contributed by atoms with Gasteiger partial charge in [-0.15, -0.1) is 0 Å². The summed E-state index contributed by atoms with van der Waals surface area (Å²) in [6.45, 7) is 2.05. The van der Waals surface area contributed by atoms with Crippen molar-refractivity contribution in [2.45, 2.75) is 38.1 Å². The maximum absolute atomic E-state index is 11.1. The molecule has 0 bridgehead atoms. The third-order valence-electron chi connectivity index (χ3n) is 2.95. The Hall–Kier alpha value is -1.26. The normalized spacial score (nSPS) is 27.4. The molecule has 1 unspecified atom stereocenters. The molecule has 0 aromatic heterocycles. The smallest absolute Gasteiger partial charge is 0.408 e. The highest BCUT2D eigenvalue weighted by atomic mass is 16.4. The Morgan fingerprint density at radius 1 is 1.36 bits per heavy atom. The average Bonchev–Trinajstić information content (AvgIpc) is 2.17. The van der Waals surface area contributed by atoms with Crippen LogP contribution in [0.2, 0.25) is 0 Å². The number of carboxylic acids is 1. The molecule has 14 heavy (non-hydrogen) atoms. The summed E-state index contributed by atoms with van der Waals surface area (Å²) >= 11 is 0. The van der Waals surface area contributed by atoms with E-state index in [1.807, 2.05) is 0 Å². The van der Waals surface area contributed by atoms with Crippen LogP contribution in [0.25, 0.3) is 0 Å². The molecule has 1 saturated heterocycles. The molecule has 0 radical (unpaired) electrons. The average molecular weight is 201 g/mol. The summed E-state index contributed by atoms with van der Waals surface area (Å²) < 4.78 is 0. The van der Waals surface area contributed by atoms with E-state index >= 15 is 0 Å². The molecule has 5 heteroatoms. The zero-order valence-corrected chi connectivity index (χ0v) is 8.19. The molecule has 0 aromatic rings. The van der Waals surface area contributed by atoms with Gasteiger partial charge in [-0.3, -0.25) is 4.90 Å². The fourth-order valence-electron chi connectivity index (χ4n) is 2.06. The number of amides is 1. The highest BCUT2D eigenvalue weighted by Gasteiger charge is 2.46. The fourth-order valence-corrected chi connectivity index (χ4v) is 2.06. The Bertz CT molecular complexity index is 253. The molecule has 1 aliphatic heterocycles. The lowest BCUT2D eigenvalue weighted by molar-refractivity contribution is -0.152. The van der Waals surface area contributed by atoms with E-state index in [1.54, 1.807) is 6.92 Å². The Morgan fingerprint density at radius 2 is 2.00 bits per heavy atom. The standard InChI is InChI=1S/C9H15NO4/c1-2-9(7(11)12)5-3-4-6-10(9)8(13)14/h2-6H2,1H3,(H,11,12)(H,13,14). The zero-order valence-electron chi connectivity index (χ0n) is 8.19. The molecule has 80 valence electrons. The summed E-state index contributed by atoms with van der Waals surface area (Å²) in [5, 5.41) is 18.0. The minimum absolute atomic E-state index is 0.328. The van der Waals surface area contributed by atoms with Gasteiger partial charge in [-0.05, 0) is 25.7 Å². The van der Waals surface area contributed by atoms with Crippen LogP contribution in [0, 0.1) is 0 Å². The van der Waals surface area contributed by atoms with Crippen LogP contribution in [-0.4, -0.2) is 39.3 Å². The highest BCUT2D eigenvalue weighted by Crippen LogP contribution is 2.31. The van der Waals surface area contributed by atoms with Crippen LogP contribution >= 0.6 is 0 Å². The first-order chi connectivity index (χ1) is 6.54. The van der Waals surface area contributed by atoms with Crippen LogP contribution < -0.4 is 0 Å². The molecule has 0 saturated carbocycles. The first-order valence-corrected chi connectivity index (χ1v) is 4.78. The van der Waals surface area contributed by atoms with Crippen molar-refractivity contribution in [1.82, 2.24) is 4.90 Å². The number of hydrogen-bond acceptors (Lipinski definition) is 2. The van der Waals surface area contributed by atoms with Gasteiger partial charge >= 0.3 is 12.1 Å². The lowest BCUT2D eigenvalue weighted by Crippen LogP contribution is -2.58. The minimum atomic E-state index is -1.19. The van der Waals surface area contributed by atoms with Gasteiger partial charge in [0.05, 0.1) is 0 Å². The molecule has 1 aliphatic rings. The molecular formula is C9H15NO4. The number of carbonyl (C=O) groups is 2. The predicted octanol–water partition coefficient (Wildman–Crippen LogP) is 1.38. The van der Waals surface area contributed by atoms with Crippen molar-refractivity contribution >= 4 is 12.1 Å². The summed E-state index contributed by atoms with van der Waals surface area (Å²) in [4.78, 5) is 23.1. The largest absolute Gasteiger partial charge is 0.479 e. The van der Waals surface area contributed by atoms with E-state index in [0.29, 0.717) is 19.4 Å². The summed E-state index contributed by atoms with van der Waals surface area (Å²) in [5.74, 6) is -1.03. The minimum Gasteiger partial charge on any atom is -0.479 e. The van der Waals surface area contributed by atoms with Gasteiger partial charge in [0.1, 0.15) is 5.54 Å². The van der Waals surface area contributed by atoms with E-state index in [4.69, 9.17) is 10.2 Å². The number of piperidine rings is 1. The fraction of sp³-hybridized carbons (Fsp3) is 0.778. The van der Waals surface area contributed by atoms with Crippen LogP contribution in [0.3, 0.4) is 0 Å². The second-order valence-corrected chi connectivity index (χ2v) is 3.58. The van der Waals surface area contributed by atoms with Crippen molar-refractivity contribution in [3.63, 3.8) is 0 Å². The number of nitrogens with zero attached hydrogens (tertiary/aromatic N) is 1. The second kappa shape index (κ2) is 3.86. The van der Waals surface area contributed by atoms with E-state index in [9.17, 15) is 9.59 Å². The number of aliphatic carboxylic acids is 1. The van der Waals surface area contributed by atoms with Gasteiger partial charge < -0.3 is 10.2 Å². The van der Waals surface area contributed by atoms with Crippen molar-refractivity contribution in [2.75, 3.05) is 6.54 Å². The first-order valence-electron chi connectivity index (χ1n) is 4.78. The molecule has 1 amide bonds. The summed E-state index contributed by atoms with van der Waals surface area (Å²) in [6.07, 6.45) is 1.15. The Balaban J connectivity index is 2.98. The highest BCUT2D eigenvalue weighted by molar-refractivity contribution is 5.84. The molecule has 1 heterocycles. The second-order valence-electron chi connectivity index (χ2n) is 3.58. The van der Waals surface area contributed by atoms with E-state index < -0.39 is 17.6 Å². The van der Waals surface area contributed by atoms with E-state index in [1.165, 1.54) is 0 Å². The Morgan fingerprint density at radius 3 is 2.36 bits per heavy atom. The van der Waals surface area contributed by atoms with E-state index in [-0.39, 0.29) is 0 Å². The third kappa shape index (κ3) is 1.54. The van der Waals surface area contributed by atoms with Crippen LogP contribution in [0.4, 0.5) is 4.79 Å². The van der Waals surface area contributed by atoms with Gasteiger partial charge in [-0.25, -0.2) is 9.59 Å². The van der Waals surface area contributed by atoms with E-state index in [0.717, 1.165) is 17.7 Å². The zero-order chi connectivity index (χ0) is 10.8. The van der Waals surface area contributed by atoms with Gasteiger partial charge in [0.25, 0.3) is 0 Å². The monoisotopic (exact) mass is 201 g/mol. The predicted molar refractivity (Wildman–Crippen MR) is 49.2 cm³/mol. The maximum atomic E-state index is 11.1. The molecule has 1 rings (SSSR count). The van der Waals surface area contributed by atoms with E-state index in [2.05, 4.69) is 0 Å². The van der Waals surface area contributed by atoms with Crippen LogP contribution in [-0.2, 0) is 4.79 Å². The first kappa shape index (κ1) is 10.8. The van der Waals surface area contributed by atoms with Crippen LogP contribution in [0.15, 0.2) is 0 Å². The van der Waals surface area contributed by atoms with Gasteiger partial charge in [0.15, 0.2) is 0 Å². The molecule has 5 nitrogen and oxygen atoms in total. The SMILES string of the molecule is CCC1(C(=O)O)CCCCN1C(=O)O. The molecule has 0 aliphatic carbocycles. The number of rotatable bonds is 2. The molecule has 1 atom stereocenters. The Labute approximate surface area is 82.3 Å². The van der Waals surface area contributed by atoms with Crippen molar-refractivity contribution in [3.05, 3.63) is 0 Å². The number of likely N-dealkylation sites (tertiary alicyclic amines) is 1. The van der Waals surface area contributed by atoms with Crippen LogP contribution in [0.5, 0.6) is 0 Å². The lowest BCUT2D eigenvalue weighted by atomic mass is 9.84. The van der Waals surface area contributed by atoms with Gasteiger partial charge in [0, 0.05) is 6.54 Å². The van der Waals surface area contributed by atoms with Gasteiger partial charge in [-0.1, -0.05) is 6.92 Å². The van der Waals surface area contributed by atoms with Crippen LogP contribution in [0.1, 0.15) is 32.6 Å². The molecule has 0 spiro atoms. The third-order valence-corrected chi connectivity index (χ3v) is 2.95. The van der Waals surface area contributed by atoms with Crippen molar-refractivity contribution < 1.29 is 19.8 Å².